The molecule has 3 aliphatic heterocycles. The minimum absolute atomic E-state index is 0.0845. The van der Waals surface area contributed by atoms with Crippen molar-refractivity contribution < 1.29 is 52.9 Å². The first-order valence-corrected chi connectivity index (χ1v) is 31.9. The monoisotopic (exact) mass is 1200 g/mol. The molecule has 1 aromatic rings. The number of allylic oxidation sites excluding steroid dienone is 2. The van der Waals surface area contributed by atoms with Gasteiger partial charge in [-0.3, -0.25) is 43.3 Å². The molecule has 7 aliphatic rings. The van der Waals surface area contributed by atoms with Crippen LogP contribution >= 0.6 is 0 Å². The molecule has 7 fully saturated rings. The molecular weight excluding hydrogens is 1100 g/mol. The number of amides is 8. The predicted octanol–water partition coefficient (Wildman–Crippen LogP) is 1.45. The molecule has 0 spiro atoms. The van der Waals surface area contributed by atoms with Crippen LogP contribution in [0.25, 0.3) is 0 Å². The highest BCUT2D eigenvalue weighted by Crippen LogP contribution is 2.61. The van der Waals surface area contributed by atoms with Gasteiger partial charge in [-0.2, -0.15) is 0 Å². The van der Waals surface area contributed by atoms with Gasteiger partial charge in [0.15, 0.2) is 6.10 Å². The molecule has 8 rings (SSSR count). The second-order valence-electron chi connectivity index (χ2n) is 25.3. The summed E-state index contributed by atoms with van der Waals surface area (Å²) in [5.41, 5.74) is 18.8. The number of fused-ring (bicyclic) bond motifs is 3. The smallest absolute Gasteiger partial charge is 0.252 e. The number of aliphatic hydroxyl groups is 1. The molecule has 6 bridgehead atoms. The van der Waals surface area contributed by atoms with Crippen molar-refractivity contribution in [2.24, 2.45) is 46.3 Å². The number of hydrogen-bond donors (Lipinski definition) is 12. The second kappa shape index (κ2) is 33.0. The van der Waals surface area contributed by atoms with Crippen LogP contribution in [0.5, 0.6) is 0 Å². The van der Waals surface area contributed by atoms with Crippen molar-refractivity contribution in [2.45, 2.75) is 216 Å². The number of nitrogens with two attached hydrogens (primary N) is 3. The Labute approximate surface area is 507 Å². The summed E-state index contributed by atoms with van der Waals surface area (Å²) in [4.78, 5) is 118. The molecule has 86 heavy (non-hydrogen) atoms. The fourth-order valence-electron chi connectivity index (χ4n) is 14.3. The number of benzene rings is 1. The third-order valence-electron chi connectivity index (χ3n) is 18.9. The second-order valence-corrected chi connectivity index (χ2v) is 25.3. The topological polar surface area (TPSA) is 353 Å². The minimum Gasteiger partial charge on any atom is -0.376 e. The number of carbonyl (C=O) groups excluding carboxylic acids is 8. The number of carbonyl (C=O) groups is 8. The summed E-state index contributed by atoms with van der Waals surface area (Å²) in [6, 6.07) is 1.76. The number of nitrogens with zero attached hydrogens (tertiary/aromatic N) is 1. The van der Waals surface area contributed by atoms with Crippen LogP contribution in [0.1, 0.15) is 148 Å². The van der Waals surface area contributed by atoms with E-state index in [1.165, 1.54) is 0 Å². The number of ether oxygens (including phenoxy) is 2. The maximum absolute atomic E-state index is 15.2. The largest absolute Gasteiger partial charge is 0.376 e. The van der Waals surface area contributed by atoms with Crippen LogP contribution in [0, 0.1) is 29.1 Å². The van der Waals surface area contributed by atoms with Crippen molar-refractivity contribution in [3.8, 4) is 0 Å². The molecule has 23 heteroatoms. The summed E-state index contributed by atoms with van der Waals surface area (Å²) in [5.74, 6) is -3.32. The molecule has 0 radical (unpaired) electrons. The maximum Gasteiger partial charge on any atom is 0.252 e. The zero-order valence-corrected chi connectivity index (χ0v) is 51.0. The van der Waals surface area contributed by atoms with E-state index in [1.54, 1.807) is 24.0 Å². The third-order valence-corrected chi connectivity index (χ3v) is 18.9. The van der Waals surface area contributed by atoms with Crippen LogP contribution in [-0.2, 0) is 54.4 Å². The number of nitrogens with one attached hydrogen (secondary N) is 8. The lowest BCUT2D eigenvalue weighted by atomic mass is 9.47. The fraction of sp³-hybridized carbons (Fsp3) is 0.714. The molecule has 478 valence electrons. The van der Waals surface area contributed by atoms with Crippen molar-refractivity contribution >= 4 is 47.3 Å². The molecule has 15 N–H and O–H groups in total. The fourth-order valence-corrected chi connectivity index (χ4v) is 14.3. The van der Waals surface area contributed by atoms with Gasteiger partial charge in [0.05, 0.1) is 25.2 Å². The summed E-state index contributed by atoms with van der Waals surface area (Å²) in [5, 5.41) is 35.8. The number of hydrogen-bond acceptors (Lipinski definition) is 15. The van der Waals surface area contributed by atoms with Crippen molar-refractivity contribution in [3.05, 3.63) is 60.2 Å². The molecule has 0 aromatic heterocycles. The van der Waals surface area contributed by atoms with Crippen LogP contribution < -0.4 is 59.7 Å². The normalized spacial score (nSPS) is 33.3. The first kappa shape index (κ1) is 67.7. The van der Waals surface area contributed by atoms with Gasteiger partial charge in [-0.25, -0.2) is 0 Å². The van der Waals surface area contributed by atoms with E-state index in [4.69, 9.17) is 26.7 Å². The van der Waals surface area contributed by atoms with Crippen molar-refractivity contribution in [3.63, 3.8) is 0 Å². The van der Waals surface area contributed by atoms with E-state index >= 15 is 9.59 Å². The Morgan fingerprint density at radius 3 is 1.88 bits per heavy atom. The zero-order chi connectivity index (χ0) is 61.9. The van der Waals surface area contributed by atoms with Gasteiger partial charge in [0.2, 0.25) is 41.4 Å². The lowest BCUT2D eigenvalue weighted by molar-refractivity contribution is -0.237. The quantitative estimate of drug-likeness (QED) is 0.0776. The summed E-state index contributed by atoms with van der Waals surface area (Å²) in [6.07, 6.45) is 9.20. The Bertz CT molecular complexity index is 2470. The first-order valence-electron chi connectivity index (χ1n) is 31.9. The molecule has 3 saturated heterocycles. The van der Waals surface area contributed by atoms with Gasteiger partial charge in [0.1, 0.15) is 48.6 Å². The average molecular weight is 1200 g/mol. The summed E-state index contributed by atoms with van der Waals surface area (Å²) in [6.45, 7) is 10.2. The first-order chi connectivity index (χ1) is 41.4. The van der Waals surface area contributed by atoms with E-state index in [1.807, 2.05) is 30.3 Å². The predicted molar refractivity (Wildman–Crippen MR) is 324 cm³/mol. The van der Waals surface area contributed by atoms with E-state index in [-0.39, 0.29) is 71.4 Å². The van der Waals surface area contributed by atoms with Gasteiger partial charge in [-0.15, -0.1) is 0 Å². The van der Waals surface area contributed by atoms with Gasteiger partial charge >= 0.3 is 0 Å². The van der Waals surface area contributed by atoms with E-state index in [0.717, 1.165) is 37.7 Å². The highest BCUT2D eigenvalue weighted by Gasteiger charge is 2.57. The molecular formula is C63H100N12O11. The standard InChI is InChI=1S/C63H100N12O11/c1-5-38(4)16-11-19-46-57(79)73-48(31-39(6-2)7-3)62(84)75-27-15-23-49(75)59(81)70-47(22-14-26-66)58(80)74-54(63-32-41-28-42(33-63)30-43(29-41)34-63)61(83)72-45(21-13-25-65)55(77)67-35-50-52(85-37-40-17-9-8-10-18-40)53(86-50)60(82)71-44(20-12-24-64)56(78)68-36-51(76)69-46/h6-10,17-18,38,41-50,52-54,62,84H,2,5,11-16,19-37,64-66H2,1,3-4H3,(H,67,77)(H,68,78)(H,69,76)(H,70,81)(H,71,82)(H,72,83)(H,73,79)(H,74,80). The summed E-state index contributed by atoms with van der Waals surface area (Å²) in [7, 11) is 0. The van der Waals surface area contributed by atoms with Gasteiger partial charge in [0, 0.05) is 18.5 Å². The van der Waals surface area contributed by atoms with E-state index in [2.05, 4.69) is 63.0 Å². The maximum atomic E-state index is 15.2. The molecule has 1 aromatic carbocycles. The van der Waals surface area contributed by atoms with Gasteiger partial charge in [0.25, 0.3) is 5.91 Å². The Hall–Kier alpha value is -5.82. The number of rotatable bonds is 21. The van der Waals surface area contributed by atoms with Gasteiger partial charge in [-0.05, 0) is 159 Å². The lowest BCUT2D eigenvalue weighted by Gasteiger charge is -2.59. The van der Waals surface area contributed by atoms with Crippen molar-refractivity contribution in [1.29, 1.82) is 0 Å². The van der Waals surface area contributed by atoms with Crippen molar-refractivity contribution in [1.82, 2.24) is 47.4 Å². The minimum atomic E-state index is -1.43. The van der Waals surface area contributed by atoms with Gasteiger partial charge in [-0.1, -0.05) is 87.7 Å². The van der Waals surface area contributed by atoms with Crippen LogP contribution in [0.15, 0.2) is 54.6 Å². The van der Waals surface area contributed by atoms with Crippen LogP contribution in [0.2, 0.25) is 0 Å². The Kier molecular flexibility index (Phi) is 25.9. The molecule has 12 unspecified atom stereocenters. The molecule has 8 amide bonds. The summed E-state index contributed by atoms with van der Waals surface area (Å²) >= 11 is 0. The average Bonchev–Trinajstić information content (AvgIpc) is 0.987. The zero-order valence-electron chi connectivity index (χ0n) is 51.0. The molecule has 4 aliphatic carbocycles. The molecule has 12 atom stereocenters. The molecule has 3 heterocycles. The highest BCUT2D eigenvalue weighted by atomic mass is 16.6. The summed E-state index contributed by atoms with van der Waals surface area (Å²) < 4.78 is 12.5. The Morgan fingerprint density at radius 1 is 0.733 bits per heavy atom. The van der Waals surface area contributed by atoms with Crippen molar-refractivity contribution in [2.75, 3.05) is 39.3 Å². The number of aliphatic hydroxyl groups excluding tert-OH is 1. The Balaban J connectivity index is 1.23. The van der Waals surface area contributed by atoms with E-state index < -0.39 is 126 Å². The SMILES string of the molecule is C=CC(=CC)CC1NC(=O)C(CCCC(C)CC)NC(=O)CNC(=O)C(CCCN)NC(=O)C2OC(CNC(=O)C(CCCN)NC(=O)C(C34CC5CC(CC(C5)C3)C4)NC(=O)C(CCCN)NC(=O)C3CCCN3C1O)C2OCc1ccccc1. The Morgan fingerprint density at radius 2 is 1.29 bits per heavy atom. The van der Waals surface area contributed by atoms with E-state index in [9.17, 15) is 33.9 Å². The highest BCUT2D eigenvalue weighted by molar-refractivity contribution is 5.96. The van der Waals surface area contributed by atoms with Crippen LogP contribution in [0.3, 0.4) is 0 Å². The van der Waals surface area contributed by atoms with Crippen LogP contribution in [-0.4, -0.2) is 163 Å². The lowest BCUT2D eigenvalue weighted by Crippen LogP contribution is -2.67. The molecule has 23 nitrogen and oxygen atoms in total. The van der Waals surface area contributed by atoms with Gasteiger partial charge < -0.3 is 74.3 Å². The third kappa shape index (κ3) is 18.2. The van der Waals surface area contributed by atoms with E-state index in [0.29, 0.717) is 87.0 Å². The van der Waals surface area contributed by atoms with Crippen LogP contribution in [0.4, 0.5) is 0 Å². The molecule has 4 saturated carbocycles.